The Hall–Kier alpha value is -2.46. The monoisotopic (exact) mass is 354 g/mol. The van der Waals surface area contributed by atoms with Gasteiger partial charge in [-0.1, -0.05) is 60.7 Å². The number of ether oxygens (including phenoxy) is 1. The SMILES string of the molecule is CC(C)(C)OC(=O)[C@H](Cc1ccccc1)C(=O)[C@@H](O)Cc1ccccc1. The van der Waals surface area contributed by atoms with Gasteiger partial charge >= 0.3 is 5.97 Å². The van der Waals surface area contributed by atoms with E-state index in [0.717, 1.165) is 11.1 Å². The number of carbonyl (C=O) groups is 2. The Morgan fingerprint density at radius 1 is 0.885 bits per heavy atom. The maximum atomic E-state index is 12.8. The number of hydrogen-bond acceptors (Lipinski definition) is 4. The molecule has 0 heterocycles. The van der Waals surface area contributed by atoms with E-state index in [4.69, 9.17) is 4.74 Å². The van der Waals surface area contributed by atoms with E-state index in [9.17, 15) is 14.7 Å². The van der Waals surface area contributed by atoms with Gasteiger partial charge in [-0.05, 0) is 38.3 Å². The Balaban J connectivity index is 2.18. The van der Waals surface area contributed by atoms with Crippen LogP contribution in [0.3, 0.4) is 0 Å². The van der Waals surface area contributed by atoms with E-state index in [1.807, 2.05) is 60.7 Å². The lowest BCUT2D eigenvalue weighted by Crippen LogP contribution is -2.39. The Morgan fingerprint density at radius 3 is 1.81 bits per heavy atom. The van der Waals surface area contributed by atoms with Crippen LogP contribution in [0.1, 0.15) is 31.9 Å². The average molecular weight is 354 g/mol. The van der Waals surface area contributed by atoms with Gasteiger partial charge in [-0.2, -0.15) is 0 Å². The molecule has 0 aliphatic heterocycles. The Kier molecular flexibility index (Phi) is 6.70. The molecule has 0 radical (unpaired) electrons. The average Bonchev–Trinajstić information content (AvgIpc) is 2.59. The lowest BCUT2D eigenvalue weighted by molar-refractivity contribution is -0.163. The summed E-state index contributed by atoms with van der Waals surface area (Å²) in [4.78, 5) is 25.4. The molecule has 2 rings (SSSR count). The van der Waals surface area contributed by atoms with Gasteiger partial charge in [0.2, 0.25) is 0 Å². The number of aliphatic hydroxyl groups is 1. The van der Waals surface area contributed by atoms with Crippen molar-refractivity contribution in [1.82, 2.24) is 0 Å². The fourth-order valence-electron chi connectivity index (χ4n) is 2.69. The molecule has 0 aromatic heterocycles. The number of Topliss-reactive ketones (excluding diaryl/α,β-unsaturated/α-hetero) is 1. The highest BCUT2D eigenvalue weighted by Gasteiger charge is 2.34. The van der Waals surface area contributed by atoms with Crippen molar-refractivity contribution in [2.45, 2.75) is 45.3 Å². The molecule has 0 saturated heterocycles. The number of aliphatic hydroxyl groups excluding tert-OH is 1. The first kappa shape index (κ1) is 19.9. The Labute approximate surface area is 154 Å². The highest BCUT2D eigenvalue weighted by Crippen LogP contribution is 2.19. The molecule has 0 aliphatic rings. The zero-order valence-electron chi connectivity index (χ0n) is 15.5. The van der Waals surface area contributed by atoms with E-state index < -0.39 is 29.4 Å². The van der Waals surface area contributed by atoms with Gasteiger partial charge in [0.1, 0.15) is 17.6 Å². The highest BCUT2D eigenvalue weighted by atomic mass is 16.6. The normalized spacial score (nSPS) is 13.7. The molecule has 26 heavy (non-hydrogen) atoms. The molecule has 2 aromatic rings. The molecule has 4 heteroatoms. The fraction of sp³-hybridized carbons (Fsp3) is 0.364. The van der Waals surface area contributed by atoms with Crippen LogP contribution in [0.2, 0.25) is 0 Å². The van der Waals surface area contributed by atoms with Crippen LogP contribution in [0.4, 0.5) is 0 Å². The fourth-order valence-corrected chi connectivity index (χ4v) is 2.69. The first-order valence-corrected chi connectivity index (χ1v) is 8.79. The maximum absolute atomic E-state index is 12.8. The van der Waals surface area contributed by atoms with Gasteiger partial charge in [-0.25, -0.2) is 0 Å². The highest BCUT2D eigenvalue weighted by molar-refractivity contribution is 6.01. The van der Waals surface area contributed by atoms with E-state index >= 15 is 0 Å². The number of hydrogen-bond donors (Lipinski definition) is 1. The van der Waals surface area contributed by atoms with Crippen LogP contribution in [0, 0.1) is 5.92 Å². The summed E-state index contributed by atoms with van der Waals surface area (Å²) in [6, 6.07) is 18.5. The van der Waals surface area contributed by atoms with E-state index in [0.29, 0.717) is 0 Å². The molecule has 2 aromatic carbocycles. The Morgan fingerprint density at radius 2 is 1.35 bits per heavy atom. The van der Waals surface area contributed by atoms with Crippen LogP contribution in [0.25, 0.3) is 0 Å². The predicted octanol–water partition coefficient (Wildman–Crippen LogP) is 3.36. The molecule has 0 saturated carbocycles. The first-order valence-electron chi connectivity index (χ1n) is 8.79. The van der Waals surface area contributed by atoms with E-state index in [2.05, 4.69) is 0 Å². The summed E-state index contributed by atoms with van der Waals surface area (Å²) in [5, 5.41) is 10.4. The van der Waals surface area contributed by atoms with Crippen LogP contribution < -0.4 is 0 Å². The lowest BCUT2D eigenvalue weighted by atomic mass is 9.90. The van der Waals surface area contributed by atoms with Crippen LogP contribution in [0.5, 0.6) is 0 Å². The topological polar surface area (TPSA) is 63.6 Å². The van der Waals surface area contributed by atoms with Crippen molar-refractivity contribution in [3.8, 4) is 0 Å². The molecule has 0 amide bonds. The zero-order chi connectivity index (χ0) is 19.2. The van der Waals surface area contributed by atoms with Gasteiger partial charge in [0.25, 0.3) is 0 Å². The number of ketones is 1. The second-order valence-corrected chi connectivity index (χ2v) is 7.38. The quantitative estimate of drug-likeness (QED) is 0.612. The minimum atomic E-state index is -1.25. The second-order valence-electron chi connectivity index (χ2n) is 7.38. The molecule has 0 bridgehead atoms. The summed E-state index contributed by atoms with van der Waals surface area (Å²) in [6.45, 7) is 5.28. The van der Waals surface area contributed by atoms with Crippen molar-refractivity contribution >= 4 is 11.8 Å². The molecule has 4 nitrogen and oxygen atoms in total. The number of esters is 1. The Bertz CT molecular complexity index is 717. The zero-order valence-corrected chi connectivity index (χ0v) is 15.5. The molecule has 0 fully saturated rings. The van der Waals surface area contributed by atoms with Crippen molar-refractivity contribution in [1.29, 1.82) is 0 Å². The number of benzene rings is 2. The third-order valence-corrected chi connectivity index (χ3v) is 3.92. The van der Waals surface area contributed by atoms with E-state index in [1.54, 1.807) is 20.8 Å². The van der Waals surface area contributed by atoms with Crippen molar-refractivity contribution < 1.29 is 19.4 Å². The number of rotatable bonds is 7. The lowest BCUT2D eigenvalue weighted by Gasteiger charge is -2.24. The van der Waals surface area contributed by atoms with Crippen LogP contribution in [0.15, 0.2) is 60.7 Å². The van der Waals surface area contributed by atoms with Crippen molar-refractivity contribution in [2.75, 3.05) is 0 Å². The van der Waals surface area contributed by atoms with Gasteiger partial charge in [-0.15, -0.1) is 0 Å². The standard InChI is InChI=1S/C22H26O4/c1-22(2,3)26-21(25)18(14-16-10-6-4-7-11-16)20(24)19(23)15-17-12-8-5-9-13-17/h4-13,18-19,23H,14-15H2,1-3H3/t18-,19+/m1/s1. The summed E-state index contributed by atoms with van der Waals surface area (Å²) in [7, 11) is 0. The van der Waals surface area contributed by atoms with E-state index in [-0.39, 0.29) is 12.8 Å². The van der Waals surface area contributed by atoms with Gasteiger partial charge in [0.05, 0.1) is 0 Å². The minimum Gasteiger partial charge on any atom is -0.459 e. The van der Waals surface area contributed by atoms with Crippen LogP contribution >= 0.6 is 0 Å². The predicted molar refractivity (Wildman–Crippen MR) is 101 cm³/mol. The van der Waals surface area contributed by atoms with Gasteiger partial charge in [-0.3, -0.25) is 9.59 Å². The van der Waals surface area contributed by atoms with Gasteiger partial charge in [0.15, 0.2) is 5.78 Å². The van der Waals surface area contributed by atoms with Crippen LogP contribution in [-0.4, -0.2) is 28.6 Å². The molecular weight excluding hydrogens is 328 g/mol. The number of carbonyl (C=O) groups excluding carboxylic acids is 2. The first-order chi connectivity index (χ1) is 12.3. The summed E-state index contributed by atoms with van der Waals surface area (Å²) in [6.07, 6.45) is -0.868. The molecule has 0 spiro atoms. The van der Waals surface area contributed by atoms with Gasteiger partial charge < -0.3 is 9.84 Å². The molecular formula is C22H26O4. The second kappa shape index (κ2) is 8.77. The molecule has 138 valence electrons. The van der Waals surface area contributed by atoms with Crippen LogP contribution in [-0.2, 0) is 27.2 Å². The molecule has 0 aliphatic carbocycles. The summed E-state index contributed by atoms with van der Waals surface area (Å²) in [5.74, 6) is -2.14. The molecule has 0 unspecified atom stereocenters. The summed E-state index contributed by atoms with van der Waals surface area (Å²) < 4.78 is 5.42. The van der Waals surface area contributed by atoms with E-state index in [1.165, 1.54) is 0 Å². The largest absolute Gasteiger partial charge is 0.459 e. The summed E-state index contributed by atoms with van der Waals surface area (Å²) >= 11 is 0. The maximum Gasteiger partial charge on any atom is 0.317 e. The van der Waals surface area contributed by atoms with Crippen molar-refractivity contribution in [3.63, 3.8) is 0 Å². The smallest absolute Gasteiger partial charge is 0.317 e. The van der Waals surface area contributed by atoms with Crippen molar-refractivity contribution in [3.05, 3.63) is 71.8 Å². The minimum absolute atomic E-state index is 0.174. The van der Waals surface area contributed by atoms with Gasteiger partial charge in [0, 0.05) is 6.42 Å². The summed E-state index contributed by atoms with van der Waals surface area (Å²) in [5.41, 5.74) is 0.996. The third-order valence-electron chi connectivity index (χ3n) is 3.92. The third kappa shape index (κ3) is 6.12. The molecule has 1 N–H and O–H groups in total. The molecule has 2 atom stereocenters. The van der Waals surface area contributed by atoms with Crippen molar-refractivity contribution in [2.24, 2.45) is 5.92 Å².